The number of benzene rings is 2. The van der Waals surface area contributed by atoms with Crippen LogP contribution < -0.4 is 16.0 Å². The van der Waals surface area contributed by atoms with Crippen molar-refractivity contribution in [1.29, 1.82) is 0 Å². The number of hydrogen-bond acceptors (Lipinski definition) is 4. The second kappa shape index (κ2) is 9.97. The highest BCUT2D eigenvalue weighted by Crippen LogP contribution is 2.37. The summed E-state index contributed by atoms with van der Waals surface area (Å²) in [6, 6.07) is 6.75. The first-order valence-electron chi connectivity index (χ1n) is 9.49. The van der Waals surface area contributed by atoms with Crippen LogP contribution in [0.2, 0.25) is 0 Å². The van der Waals surface area contributed by atoms with E-state index in [0.717, 1.165) is 0 Å². The SMILES string of the molecule is C[C@@H](NC(=S)Nc1ccc(NC(=O)c2cscn2)cc1)c1cc(C(F)(F)F)cc(C(F)(F)F)c1. The topological polar surface area (TPSA) is 66.0 Å². The van der Waals surface area contributed by atoms with Crippen LogP contribution in [0.25, 0.3) is 0 Å². The monoisotopic (exact) mass is 518 g/mol. The molecule has 1 amide bonds. The van der Waals surface area contributed by atoms with Crippen molar-refractivity contribution in [3.8, 4) is 0 Å². The van der Waals surface area contributed by atoms with Gasteiger partial charge in [0.25, 0.3) is 5.91 Å². The van der Waals surface area contributed by atoms with E-state index in [-0.39, 0.29) is 28.3 Å². The van der Waals surface area contributed by atoms with Crippen LogP contribution in [-0.2, 0) is 12.4 Å². The number of thiocarbonyl (C=S) groups is 1. The summed E-state index contributed by atoms with van der Waals surface area (Å²) in [5.74, 6) is -0.382. The smallest absolute Gasteiger partial charge is 0.356 e. The van der Waals surface area contributed by atoms with Gasteiger partial charge in [0.2, 0.25) is 0 Å². The van der Waals surface area contributed by atoms with Gasteiger partial charge in [0, 0.05) is 16.8 Å². The van der Waals surface area contributed by atoms with Gasteiger partial charge in [-0.25, -0.2) is 4.98 Å². The summed E-state index contributed by atoms with van der Waals surface area (Å²) in [5.41, 5.74) is -0.266. The van der Waals surface area contributed by atoms with E-state index in [1.807, 2.05) is 0 Å². The second-order valence-corrected chi connectivity index (χ2v) is 8.19. The Balaban J connectivity index is 1.66. The van der Waals surface area contributed by atoms with Crippen molar-refractivity contribution in [2.45, 2.75) is 25.3 Å². The van der Waals surface area contributed by atoms with Gasteiger partial charge in [-0.1, -0.05) is 0 Å². The number of nitrogens with zero attached hydrogens (tertiary/aromatic N) is 1. The van der Waals surface area contributed by atoms with E-state index < -0.39 is 29.5 Å². The van der Waals surface area contributed by atoms with E-state index in [1.165, 1.54) is 23.8 Å². The Kier molecular flexibility index (Phi) is 7.46. The molecule has 0 saturated carbocycles. The average Bonchev–Trinajstić information content (AvgIpc) is 3.28. The van der Waals surface area contributed by atoms with E-state index in [0.29, 0.717) is 23.5 Å². The van der Waals surface area contributed by atoms with Crippen LogP contribution in [0.5, 0.6) is 0 Å². The molecule has 0 bridgehead atoms. The van der Waals surface area contributed by atoms with Crippen molar-refractivity contribution in [3.63, 3.8) is 0 Å². The number of hydrogen-bond donors (Lipinski definition) is 3. The lowest BCUT2D eigenvalue weighted by atomic mass is 10.0. The Hall–Kier alpha value is -3.19. The fourth-order valence-corrected chi connectivity index (χ4v) is 3.66. The highest BCUT2D eigenvalue weighted by Gasteiger charge is 2.37. The lowest BCUT2D eigenvalue weighted by Gasteiger charge is -2.20. The van der Waals surface area contributed by atoms with Gasteiger partial charge in [-0.2, -0.15) is 26.3 Å². The van der Waals surface area contributed by atoms with Gasteiger partial charge in [0.05, 0.1) is 22.7 Å². The molecule has 0 spiro atoms. The third-order valence-electron chi connectivity index (χ3n) is 4.52. The number of nitrogens with one attached hydrogen (secondary N) is 3. The van der Waals surface area contributed by atoms with Crippen molar-refractivity contribution in [1.82, 2.24) is 10.3 Å². The van der Waals surface area contributed by atoms with E-state index in [2.05, 4.69) is 20.9 Å². The molecule has 0 radical (unpaired) electrons. The van der Waals surface area contributed by atoms with E-state index in [1.54, 1.807) is 29.6 Å². The molecule has 5 nitrogen and oxygen atoms in total. The first-order valence-corrected chi connectivity index (χ1v) is 10.8. The Bertz CT molecular complexity index is 1130. The number of carbonyl (C=O) groups is 1. The summed E-state index contributed by atoms with van der Waals surface area (Å²) in [6.45, 7) is 1.39. The molecule has 0 fully saturated rings. The van der Waals surface area contributed by atoms with Crippen molar-refractivity contribution < 1.29 is 31.1 Å². The zero-order chi connectivity index (χ0) is 25.1. The average molecular weight is 519 g/mol. The second-order valence-electron chi connectivity index (χ2n) is 7.06. The predicted molar refractivity (Wildman–Crippen MR) is 121 cm³/mol. The summed E-state index contributed by atoms with van der Waals surface area (Å²) >= 11 is 6.42. The van der Waals surface area contributed by atoms with Crippen LogP contribution in [0.3, 0.4) is 0 Å². The van der Waals surface area contributed by atoms with Crippen LogP contribution in [-0.4, -0.2) is 16.0 Å². The predicted octanol–water partition coefficient (Wildman–Crippen LogP) is 6.48. The number of rotatable bonds is 5. The molecule has 0 aliphatic carbocycles. The van der Waals surface area contributed by atoms with Gasteiger partial charge in [-0.05, 0) is 67.2 Å². The molecule has 13 heteroatoms. The molecule has 3 aromatic rings. The van der Waals surface area contributed by atoms with E-state index in [4.69, 9.17) is 12.2 Å². The lowest BCUT2D eigenvalue weighted by molar-refractivity contribution is -0.143. The molecule has 1 atom stereocenters. The Labute approximate surface area is 199 Å². The quantitative estimate of drug-likeness (QED) is 0.267. The molecule has 0 aliphatic rings. The third kappa shape index (κ3) is 6.67. The van der Waals surface area contributed by atoms with Gasteiger partial charge in [-0.15, -0.1) is 11.3 Å². The maximum atomic E-state index is 13.1. The zero-order valence-electron chi connectivity index (χ0n) is 17.2. The number of anilines is 2. The molecule has 1 aromatic heterocycles. The Morgan fingerprint density at radius 3 is 1.94 bits per heavy atom. The van der Waals surface area contributed by atoms with Crippen molar-refractivity contribution >= 4 is 45.9 Å². The number of aromatic nitrogens is 1. The van der Waals surface area contributed by atoms with E-state index in [9.17, 15) is 31.1 Å². The molecule has 0 aliphatic heterocycles. The normalized spacial score (nSPS) is 12.7. The van der Waals surface area contributed by atoms with Gasteiger partial charge >= 0.3 is 12.4 Å². The standard InChI is InChI=1S/C21H16F6N4OS2/c1-11(12-6-13(20(22,23)24)8-14(7-12)21(25,26)27)29-19(33)31-16-4-2-15(3-5-16)30-18(32)17-9-34-10-28-17/h2-11H,1H3,(H,30,32)(H2,29,31,33)/t11-/m1/s1. The number of carbonyl (C=O) groups excluding carboxylic acids is 1. The minimum atomic E-state index is -4.94. The third-order valence-corrected chi connectivity index (χ3v) is 5.33. The molecular weight excluding hydrogens is 502 g/mol. The number of alkyl halides is 6. The maximum Gasteiger partial charge on any atom is 0.416 e. The molecule has 3 rings (SSSR count). The summed E-state index contributed by atoms with van der Waals surface area (Å²) in [4.78, 5) is 15.9. The molecular formula is C21H16F6N4OS2. The van der Waals surface area contributed by atoms with Gasteiger partial charge in [-0.3, -0.25) is 4.79 Å². The molecule has 1 heterocycles. The van der Waals surface area contributed by atoms with Crippen molar-refractivity contribution in [3.05, 3.63) is 75.7 Å². The molecule has 180 valence electrons. The number of thiazole rings is 1. The molecule has 3 N–H and O–H groups in total. The van der Waals surface area contributed by atoms with Gasteiger partial charge in [0.15, 0.2) is 5.11 Å². The summed E-state index contributed by atoms with van der Waals surface area (Å²) in [7, 11) is 0. The minimum absolute atomic E-state index is 0.0160. The molecule has 34 heavy (non-hydrogen) atoms. The van der Waals surface area contributed by atoms with Crippen LogP contribution >= 0.6 is 23.6 Å². The zero-order valence-corrected chi connectivity index (χ0v) is 18.8. The summed E-state index contributed by atoms with van der Waals surface area (Å²) in [6.07, 6.45) is -9.88. The molecule has 0 unspecified atom stereocenters. The van der Waals surface area contributed by atoms with Gasteiger partial charge < -0.3 is 16.0 Å². The summed E-state index contributed by atoms with van der Waals surface area (Å²) in [5, 5.41) is 9.71. The van der Waals surface area contributed by atoms with Crippen molar-refractivity contribution in [2.75, 3.05) is 10.6 Å². The van der Waals surface area contributed by atoms with Crippen molar-refractivity contribution in [2.24, 2.45) is 0 Å². The fourth-order valence-electron chi connectivity index (χ4n) is 2.83. The van der Waals surface area contributed by atoms with Crippen LogP contribution in [0, 0.1) is 0 Å². The first-order chi connectivity index (χ1) is 15.8. The molecule has 0 saturated heterocycles. The maximum absolute atomic E-state index is 13.1. The first kappa shape index (κ1) is 25.4. The Morgan fingerprint density at radius 2 is 1.47 bits per heavy atom. The van der Waals surface area contributed by atoms with Crippen LogP contribution in [0.1, 0.15) is 40.1 Å². The Morgan fingerprint density at radius 1 is 0.941 bits per heavy atom. The highest BCUT2D eigenvalue weighted by molar-refractivity contribution is 7.80. The van der Waals surface area contributed by atoms with Gasteiger partial charge in [0.1, 0.15) is 5.69 Å². The largest absolute Gasteiger partial charge is 0.416 e. The fraction of sp³-hybridized carbons (Fsp3) is 0.190. The highest BCUT2D eigenvalue weighted by atomic mass is 32.1. The lowest BCUT2D eigenvalue weighted by Crippen LogP contribution is -2.31. The summed E-state index contributed by atoms with van der Waals surface area (Å²) < 4.78 is 78.5. The van der Waals surface area contributed by atoms with E-state index >= 15 is 0 Å². The van der Waals surface area contributed by atoms with Crippen LogP contribution in [0.15, 0.2) is 53.4 Å². The number of halogens is 6. The minimum Gasteiger partial charge on any atom is -0.356 e. The number of amides is 1. The van der Waals surface area contributed by atoms with Crippen LogP contribution in [0.4, 0.5) is 37.7 Å². The molecule has 2 aromatic carbocycles.